The van der Waals surface area contributed by atoms with Crippen molar-refractivity contribution >= 4 is 11.7 Å². The highest BCUT2D eigenvalue weighted by Crippen LogP contribution is 2.26. The first-order valence-electron chi connectivity index (χ1n) is 6.91. The number of nitrogens with zero attached hydrogens (tertiary/aromatic N) is 2. The summed E-state index contributed by atoms with van der Waals surface area (Å²) < 4.78 is 0. The highest BCUT2D eigenvalue weighted by molar-refractivity contribution is 5.98. The van der Waals surface area contributed by atoms with E-state index in [-0.39, 0.29) is 17.7 Å². The number of hydrogen-bond acceptors (Lipinski definition) is 4. The van der Waals surface area contributed by atoms with Crippen LogP contribution in [-0.2, 0) is 0 Å². The molecule has 1 atom stereocenters. The molecule has 0 radical (unpaired) electrons. The lowest BCUT2D eigenvalue weighted by Gasteiger charge is -2.29. The topological polar surface area (TPSA) is 116 Å². The number of amidine groups is 1. The lowest BCUT2D eigenvalue weighted by molar-refractivity contribution is 0.0930. The molecular weight excluding hydrogens is 258 g/mol. The molecule has 0 spiro atoms. The maximum absolute atomic E-state index is 12.2. The average Bonchev–Trinajstić information content (AvgIpc) is 2.91. The standard InChI is InChI=1S/C13H21N5O2/c1-8-10(7-15-17-8)13(19)16-11(12(14)18-20)9-5-3-2-4-6-9/h7,9,11,20H,2-6H2,1H3,(H2,14,18)(H,15,17)(H,16,19). The molecule has 5 N–H and O–H groups in total. The molecule has 7 nitrogen and oxygen atoms in total. The van der Waals surface area contributed by atoms with Crippen LogP contribution in [-0.4, -0.2) is 33.2 Å². The third-order valence-electron chi connectivity index (χ3n) is 3.92. The first-order valence-corrected chi connectivity index (χ1v) is 6.91. The van der Waals surface area contributed by atoms with E-state index in [1.165, 1.54) is 12.6 Å². The van der Waals surface area contributed by atoms with Gasteiger partial charge in [0.15, 0.2) is 5.84 Å². The summed E-state index contributed by atoms with van der Waals surface area (Å²) in [7, 11) is 0. The van der Waals surface area contributed by atoms with Gasteiger partial charge in [0.05, 0.1) is 17.8 Å². The first kappa shape index (κ1) is 14.4. The number of H-pyrrole nitrogens is 1. The SMILES string of the molecule is Cc1[nH]ncc1C(=O)NC(C(N)=NO)C1CCCCC1. The van der Waals surface area contributed by atoms with Crippen LogP contribution in [0.15, 0.2) is 11.4 Å². The maximum Gasteiger partial charge on any atom is 0.255 e. The van der Waals surface area contributed by atoms with Gasteiger partial charge in [-0.1, -0.05) is 24.4 Å². The molecule has 1 fully saturated rings. The Morgan fingerprint density at radius 1 is 1.55 bits per heavy atom. The highest BCUT2D eigenvalue weighted by Gasteiger charge is 2.29. The monoisotopic (exact) mass is 279 g/mol. The minimum Gasteiger partial charge on any atom is -0.409 e. The Bertz CT molecular complexity index is 491. The second kappa shape index (κ2) is 6.40. The molecule has 2 rings (SSSR count). The molecule has 1 saturated carbocycles. The normalized spacial score (nSPS) is 18.8. The number of nitrogens with two attached hydrogens (primary N) is 1. The van der Waals surface area contributed by atoms with Crippen LogP contribution < -0.4 is 11.1 Å². The molecule has 0 aliphatic heterocycles. The van der Waals surface area contributed by atoms with Crippen LogP contribution >= 0.6 is 0 Å². The summed E-state index contributed by atoms with van der Waals surface area (Å²) in [5.41, 5.74) is 6.93. The van der Waals surface area contributed by atoms with Gasteiger partial charge in [-0.15, -0.1) is 0 Å². The van der Waals surface area contributed by atoms with E-state index in [1.54, 1.807) is 6.92 Å². The third kappa shape index (κ3) is 3.09. The Morgan fingerprint density at radius 2 is 2.25 bits per heavy atom. The summed E-state index contributed by atoms with van der Waals surface area (Å²) in [5.74, 6) is 0.0284. The Hall–Kier alpha value is -2.05. The van der Waals surface area contributed by atoms with E-state index in [0.717, 1.165) is 25.7 Å². The van der Waals surface area contributed by atoms with Crippen LogP contribution in [0, 0.1) is 12.8 Å². The highest BCUT2D eigenvalue weighted by atomic mass is 16.4. The quantitative estimate of drug-likeness (QED) is 0.286. The third-order valence-corrected chi connectivity index (χ3v) is 3.92. The lowest BCUT2D eigenvalue weighted by atomic mass is 9.83. The summed E-state index contributed by atoms with van der Waals surface area (Å²) in [4.78, 5) is 12.2. The molecule has 1 aromatic heterocycles. The lowest BCUT2D eigenvalue weighted by Crippen LogP contribution is -2.49. The fourth-order valence-corrected chi connectivity index (χ4v) is 2.76. The second-order valence-electron chi connectivity index (χ2n) is 5.28. The molecule has 1 amide bonds. The van der Waals surface area contributed by atoms with Gasteiger partial charge < -0.3 is 16.3 Å². The van der Waals surface area contributed by atoms with Crippen LogP contribution in [0.25, 0.3) is 0 Å². The summed E-state index contributed by atoms with van der Waals surface area (Å²) in [6.07, 6.45) is 6.86. The van der Waals surface area contributed by atoms with Gasteiger partial charge in [0.2, 0.25) is 0 Å². The van der Waals surface area contributed by atoms with Crippen molar-refractivity contribution in [3.05, 3.63) is 17.5 Å². The van der Waals surface area contributed by atoms with Crippen LogP contribution in [0.5, 0.6) is 0 Å². The van der Waals surface area contributed by atoms with Gasteiger partial charge in [0, 0.05) is 5.69 Å². The van der Waals surface area contributed by atoms with Gasteiger partial charge in [0.1, 0.15) is 0 Å². The van der Waals surface area contributed by atoms with Crippen molar-refractivity contribution in [3.8, 4) is 0 Å². The van der Waals surface area contributed by atoms with Crippen LogP contribution in [0.2, 0.25) is 0 Å². The summed E-state index contributed by atoms with van der Waals surface area (Å²) >= 11 is 0. The molecular formula is C13H21N5O2. The Morgan fingerprint density at radius 3 is 2.80 bits per heavy atom. The molecule has 0 aromatic carbocycles. The van der Waals surface area contributed by atoms with Gasteiger partial charge in [-0.05, 0) is 25.7 Å². The van der Waals surface area contributed by atoms with Crippen molar-refractivity contribution in [3.63, 3.8) is 0 Å². The molecule has 1 unspecified atom stereocenters. The number of amides is 1. The molecule has 20 heavy (non-hydrogen) atoms. The fourth-order valence-electron chi connectivity index (χ4n) is 2.76. The number of rotatable bonds is 4. The zero-order valence-corrected chi connectivity index (χ0v) is 11.6. The average molecular weight is 279 g/mol. The number of nitrogens with one attached hydrogen (secondary N) is 2. The van der Waals surface area contributed by atoms with E-state index < -0.39 is 6.04 Å². The largest absolute Gasteiger partial charge is 0.409 e. The van der Waals surface area contributed by atoms with E-state index in [1.807, 2.05) is 0 Å². The molecule has 0 saturated heterocycles. The van der Waals surface area contributed by atoms with E-state index >= 15 is 0 Å². The van der Waals surface area contributed by atoms with E-state index in [9.17, 15) is 4.79 Å². The van der Waals surface area contributed by atoms with E-state index in [0.29, 0.717) is 11.3 Å². The van der Waals surface area contributed by atoms with Crippen LogP contribution in [0.4, 0.5) is 0 Å². The van der Waals surface area contributed by atoms with E-state index in [4.69, 9.17) is 10.9 Å². The number of carbonyl (C=O) groups excluding carboxylic acids is 1. The Kier molecular flexibility index (Phi) is 4.60. The van der Waals surface area contributed by atoms with Gasteiger partial charge in [0.25, 0.3) is 5.91 Å². The predicted molar refractivity (Wildman–Crippen MR) is 74.6 cm³/mol. The predicted octanol–water partition coefficient (Wildman–Crippen LogP) is 1.14. The minimum absolute atomic E-state index is 0.0615. The van der Waals surface area contributed by atoms with Crippen LogP contribution in [0.1, 0.15) is 48.2 Å². The summed E-state index contributed by atoms with van der Waals surface area (Å²) in [6.45, 7) is 1.78. The van der Waals surface area contributed by atoms with Gasteiger partial charge in [-0.3, -0.25) is 9.89 Å². The Labute approximate surface area is 117 Å². The van der Waals surface area contributed by atoms with Crippen molar-refractivity contribution in [1.29, 1.82) is 0 Å². The molecule has 0 bridgehead atoms. The van der Waals surface area contributed by atoms with Gasteiger partial charge in [-0.25, -0.2) is 0 Å². The van der Waals surface area contributed by atoms with E-state index in [2.05, 4.69) is 20.7 Å². The fraction of sp³-hybridized carbons (Fsp3) is 0.615. The van der Waals surface area contributed by atoms with Crippen molar-refractivity contribution in [2.75, 3.05) is 0 Å². The van der Waals surface area contributed by atoms with Crippen molar-refractivity contribution in [2.45, 2.75) is 45.1 Å². The second-order valence-corrected chi connectivity index (χ2v) is 5.28. The summed E-state index contributed by atoms with van der Waals surface area (Å²) in [6, 6.07) is -0.429. The number of carbonyl (C=O) groups is 1. The molecule has 1 aliphatic rings. The molecule has 1 aliphatic carbocycles. The first-order chi connectivity index (χ1) is 9.63. The molecule has 1 heterocycles. The summed E-state index contributed by atoms with van der Waals surface area (Å²) in [5, 5.41) is 21.4. The number of oxime groups is 1. The number of aryl methyl sites for hydroxylation is 1. The maximum atomic E-state index is 12.2. The zero-order valence-electron chi connectivity index (χ0n) is 11.6. The molecule has 110 valence electrons. The van der Waals surface area contributed by atoms with Crippen LogP contribution in [0.3, 0.4) is 0 Å². The van der Waals surface area contributed by atoms with Crippen molar-refractivity contribution in [1.82, 2.24) is 15.5 Å². The smallest absolute Gasteiger partial charge is 0.255 e. The number of aromatic nitrogens is 2. The molecule has 1 aromatic rings. The number of hydrogen-bond donors (Lipinski definition) is 4. The Balaban J connectivity index is 2.11. The van der Waals surface area contributed by atoms with Gasteiger partial charge in [-0.2, -0.15) is 5.10 Å². The van der Waals surface area contributed by atoms with Gasteiger partial charge >= 0.3 is 0 Å². The number of aromatic amines is 1. The molecule has 7 heteroatoms. The van der Waals surface area contributed by atoms with Crippen molar-refractivity contribution < 1.29 is 10.0 Å². The zero-order chi connectivity index (χ0) is 14.5. The minimum atomic E-state index is -0.429. The van der Waals surface area contributed by atoms with Crippen molar-refractivity contribution in [2.24, 2.45) is 16.8 Å².